The minimum absolute atomic E-state index is 0.109. The van der Waals surface area contributed by atoms with Gasteiger partial charge in [0.05, 0.1) is 21.4 Å². The van der Waals surface area contributed by atoms with E-state index in [-0.39, 0.29) is 5.91 Å². The molecule has 4 rings (SSSR count). The second-order valence-corrected chi connectivity index (χ2v) is 6.99. The van der Waals surface area contributed by atoms with Gasteiger partial charge in [-0.25, -0.2) is 0 Å². The van der Waals surface area contributed by atoms with Gasteiger partial charge in [-0.1, -0.05) is 41.9 Å². The van der Waals surface area contributed by atoms with E-state index in [0.717, 1.165) is 32.7 Å². The van der Waals surface area contributed by atoms with Crippen LogP contribution in [0.4, 0.5) is 5.69 Å². The van der Waals surface area contributed by atoms with Gasteiger partial charge < -0.3 is 5.32 Å². The molecule has 2 aromatic carbocycles. The van der Waals surface area contributed by atoms with Crippen molar-refractivity contribution in [3.63, 3.8) is 0 Å². The predicted octanol–water partition coefficient (Wildman–Crippen LogP) is 4.91. The Labute approximate surface area is 158 Å². The molecule has 0 saturated carbocycles. The topological polar surface area (TPSA) is 57.8 Å². The minimum Gasteiger partial charge on any atom is -0.321 e. The summed E-state index contributed by atoms with van der Waals surface area (Å²) in [7, 11) is 0. The number of hydrogen-bond acceptors (Lipinski definition) is 2. The number of H-pyrrole nitrogens is 1. The molecule has 2 N–H and O–H groups in total. The molecule has 1 amide bonds. The second-order valence-electron chi connectivity index (χ2n) is 5.76. The summed E-state index contributed by atoms with van der Waals surface area (Å²) < 4.78 is 0.854. The summed E-state index contributed by atoms with van der Waals surface area (Å²) in [6.07, 6.45) is 2.49. The fraction of sp³-hybridized carbons (Fsp3) is 0.0526. The number of hydrogen-bond donors (Lipinski definition) is 2. The Morgan fingerprint density at radius 3 is 2.68 bits per heavy atom. The number of aromatic amines is 1. The Morgan fingerprint density at radius 2 is 1.88 bits per heavy atom. The third-order valence-electron chi connectivity index (χ3n) is 4.08. The molecular formula is C19H13BrClN3O. The van der Waals surface area contributed by atoms with Crippen molar-refractivity contribution in [1.29, 1.82) is 0 Å². The van der Waals surface area contributed by atoms with Crippen LogP contribution in [0.2, 0.25) is 5.02 Å². The lowest BCUT2D eigenvalue weighted by Crippen LogP contribution is -2.03. The fourth-order valence-electron chi connectivity index (χ4n) is 2.82. The normalized spacial score (nSPS) is 14.6. The van der Waals surface area contributed by atoms with Gasteiger partial charge in [0, 0.05) is 22.7 Å². The number of fused-ring (bicyclic) bond motifs is 1. The van der Waals surface area contributed by atoms with Gasteiger partial charge in [-0.3, -0.25) is 9.89 Å². The zero-order chi connectivity index (χ0) is 17.4. The standard InChI is InChI=1S/C19H13BrClN3O/c20-18-16(9-11-5-7-12(21)8-6-11)23-24-17(18)10-14-13-3-1-2-4-15(13)22-19(14)25/h1-8,10H,9H2,(H,22,25)(H,23,24). The minimum atomic E-state index is -0.109. The van der Waals surface area contributed by atoms with Crippen LogP contribution in [0, 0.1) is 0 Å². The maximum absolute atomic E-state index is 12.2. The van der Waals surface area contributed by atoms with E-state index in [4.69, 9.17) is 11.6 Å². The highest BCUT2D eigenvalue weighted by Gasteiger charge is 2.24. The summed E-state index contributed by atoms with van der Waals surface area (Å²) in [5.74, 6) is -0.109. The monoisotopic (exact) mass is 413 g/mol. The Hall–Kier alpha value is -2.37. The number of nitrogens with zero attached hydrogens (tertiary/aromatic N) is 1. The Morgan fingerprint density at radius 1 is 1.12 bits per heavy atom. The lowest BCUT2D eigenvalue weighted by molar-refractivity contribution is -0.110. The number of nitrogens with one attached hydrogen (secondary N) is 2. The molecule has 124 valence electrons. The van der Waals surface area contributed by atoms with Crippen molar-refractivity contribution in [3.05, 3.63) is 80.5 Å². The molecule has 0 spiro atoms. The van der Waals surface area contributed by atoms with Crippen LogP contribution >= 0.6 is 27.5 Å². The van der Waals surface area contributed by atoms with Crippen molar-refractivity contribution in [2.45, 2.75) is 6.42 Å². The van der Waals surface area contributed by atoms with Gasteiger partial charge in [0.2, 0.25) is 0 Å². The van der Waals surface area contributed by atoms with E-state index >= 15 is 0 Å². The number of carbonyl (C=O) groups excluding carboxylic acids is 1. The van der Waals surface area contributed by atoms with Crippen LogP contribution in [0.15, 0.2) is 53.0 Å². The lowest BCUT2D eigenvalue weighted by Gasteiger charge is -2.00. The van der Waals surface area contributed by atoms with E-state index in [1.807, 2.05) is 54.6 Å². The van der Waals surface area contributed by atoms with Crippen LogP contribution in [-0.4, -0.2) is 16.1 Å². The molecule has 0 aliphatic carbocycles. The Kier molecular flexibility index (Phi) is 4.19. The lowest BCUT2D eigenvalue weighted by atomic mass is 10.1. The van der Waals surface area contributed by atoms with Crippen LogP contribution in [0.25, 0.3) is 11.6 Å². The number of para-hydroxylation sites is 1. The SMILES string of the molecule is O=C1Nc2ccccc2C1=Cc1[nH]nc(Cc2ccc(Cl)cc2)c1Br. The first kappa shape index (κ1) is 16.1. The van der Waals surface area contributed by atoms with E-state index < -0.39 is 0 Å². The van der Waals surface area contributed by atoms with Crippen molar-refractivity contribution < 1.29 is 4.79 Å². The van der Waals surface area contributed by atoms with Crippen molar-refractivity contribution in [2.75, 3.05) is 5.32 Å². The smallest absolute Gasteiger partial charge is 0.256 e. The van der Waals surface area contributed by atoms with Crippen molar-refractivity contribution in [2.24, 2.45) is 0 Å². The van der Waals surface area contributed by atoms with Crippen molar-refractivity contribution in [3.8, 4) is 0 Å². The third kappa shape index (κ3) is 3.13. The Bertz CT molecular complexity index is 992. The van der Waals surface area contributed by atoms with Gasteiger partial charge in [0.25, 0.3) is 5.91 Å². The first-order valence-electron chi connectivity index (χ1n) is 7.71. The molecule has 25 heavy (non-hydrogen) atoms. The largest absolute Gasteiger partial charge is 0.321 e. The molecule has 3 aromatic rings. The first-order chi connectivity index (χ1) is 12.1. The van der Waals surface area contributed by atoms with Gasteiger partial charge >= 0.3 is 0 Å². The van der Waals surface area contributed by atoms with Crippen LogP contribution in [0.3, 0.4) is 0 Å². The molecule has 0 bridgehead atoms. The molecule has 6 heteroatoms. The number of rotatable bonds is 3. The molecule has 0 radical (unpaired) electrons. The second kappa shape index (κ2) is 6.50. The van der Waals surface area contributed by atoms with E-state index in [1.54, 1.807) is 0 Å². The van der Waals surface area contributed by atoms with Crippen LogP contribution in [0.1, 0.15) is 22.5 Å². The van der Waals surface area contributed by atoms with Gasteiger partial charge in [0.1, 0.15) is 0 Å². The van der Waals surface area contributed by atoms with Crippen molar-refractivity contribution in [1.82, 2.24) is 10.2 Å². The zero-order valence-electron chi connectivity index (χ0n) is 13.0. The maximum atomic E-state index is 12.2. The van der Waals surface area contributed by atoms with E-state index in [0.29, 0.717) is 17.0 Å². The van der Waals surface area contributed by atoms with Gasteiger partial charge in [0.15, 0.2) is 0 Å². The van der Waals surface area contributed by atoms with Gasteiger partial charge in [-0.15, -0.1) is 0 Å². The molecule has 2 heterocycles. The van der Waals surface area contributed by atoms with Crippen LogP contribution in [0.5, 0.6) is 0 Å². The number of carbonyl (C=O) groups is 1. The molecule has 0 unspecified atom stereocenters. The zero-order valence-corrected chi connectivity index (χ0v) is 15.4. The number of halogens is 2. The number of amides is 1. The quantitative estimate of drug-likeness (QED) is 0.598. The average Bonchev–Trinajstić information content (AvgIpc) is 3.11. The summed E-state index contributed by atoms with van der Waals surface area (Å²) in [4.78, 5) is 12.2. The van der Waals surface area contributed by atoms with E-state index in [2.05, 4.69) is 31.4 Å². The number of anilines is 1. The van der Waals surface area contributed by atoms with Crippen molar-refractivity contribution >= 4 is 50.8 Å². The molecule has 1 aliphatic rings. The predicted molar refractivity (Wildman–Crippen MR) is 103 cm³/mol. The fourth-order valence-corrected chi connectivity index (χ4v) is 3.37. The maximum Gasteiger partial charge on any atom is 0.256 e. The summed E-state index contributed by atoms with van der Waals surface area (Å²) in [5, 5.41) is 11.0. The van der Waals surface area contributed by atoms with Gasteiger partial charge in [-0.2, -0.15) is 5.10 Å². The summed E-state index contributed by atoms with van der Waals surface area (Å²) >= 11 is 9.52. The molecule has 4 nitrogen and oxygen atoms in total. The third-order valence-corrected chi connectivity index (χ3v) is 5.22. The van der Waals surface area contributed by atoms with Gasteiger partial charge in [-0.05, 0) is 45.8 Å². The highest BCUT2D eigenvalue weighted by molar-refractivity contribution is 9.10. The highest BCUT2D eigenvalue weighted by Crippen LogP contribution is 2.34. The summed E-state index contributed by atoms with van der Waals surface area (Å²) in [5.41, 5.74) is 5.11. The molecule has 1 aliphatic heterocycles. The molecule has 0 atom stereocenters. The van der Waals surface area contributed by atoms with E-state index in [9.17, 15) is 4.79 Å². The summed E-state index contributed by atoms with van der Waals surface area (Å²) in [6, 6.07) is 15.3. The molecular weight excluding hydrogens is 402 g/mol. The van der Waals surface area contributed by atoms with Crippen LogP contribution < -0.4 is 5.32 Å². The highest BCUT2D eigenvalue weighted by atomic mass is 79.9. The molecule has 0 fully saturated rings. The number of benzene rings is 2. The van der Waals surface area contributed by atoms with E-state index in [1.165, 1.54) is 0 Å². The summed E-state index contributed by atoms with van der Waals surface area (Å²) in [6.45, 7) is 0. The number of aromatic nitrogens is 2. The Balaban J connectivity index is 1.65. The molecule has 0 saturated heterocycles. The average molecular weight is 415 g/mol. The van der Waals surface area contributed by atoms with Crippen LogP contribution in [-0.2, 0) is 11.2 Å². The molecule has 1 aromatic heterocycles. The first-order valence-corrected chi connectivity index (χ1v) is 8.88.